The number of benzene rings is 3. The van der Waals surface area contributed by atoms with Crippen LogP contribution < -0.4 is 10.1 Å². The Morgan fingerprint density at radius 1 is 1.00 bits per heavy atom. The van der Waals surface area contributed by atoms with Crippen LogP contribution in [0, 0.1) is 13.8 Å². The van der Waals surface area contributed by atoms with Crippen LogP contribution in [0.15, 0.2) is 60.7 Å². The SMILES string of the molecule is COC(=O)[C@H](C)Oc1ccc(Cl)c(Cn2c(C)c(C)c3cc(C(=O)N[C@@H](C)c4cccc(C(C)(C)C)c4)ccc32)c1. The Bertz CT molecular complexity index is 1600. The highest BCUT2D eigenvalue weighted by Crippen LogP contribution is 2.31. The number of halogens is 1. The van der Waals surface area contributed by atoms with Crippen molar-refractivity contribution >= 4 is 34.4 Å². The summed E-state index contributed by atoms with van der Waals surface area (Å²) in [6.07, 6.45) is -0.736. The summed E-state index contributed by atoms with van der Waals surface area (Å²) in [4.78, 5) is 25.1. The summed E-state index contributed by atoms with van der Waals surface area (Å²) in [6, 6.07) is 19.4. The number of esters is 1. The number of ether oxygens (including phenoxy) is 2. The first-order chi connectivity index (χ1) is 19.3. The van der Waals surface area contributed by atoms with Gasteiger partial charge in [-0.15, -0.1) is 0 Å². The average molecular weight is 575 g/mol. The van der Waals surface area contributed by atoms with Gasteiger partial charge in [0.05, 0.1) is 13.2 Å². The van der Waals surface area contributed by atoms with E-state index in [0.717, 1.165) is 33.3 Å². The molecule has 0 bridgehead atoms. The maximum Gasteiger partial charge on any atom is 0.346 e. The molecule has 1 heterocycles. The highest BCUT2D eigenvalue weighted by Gasteiger charge is 2.20. The van der Waals surface area contributed by atoms with Crippen LogP contribution in [-0.4, -0.2) is 29.7 Å². The third kappa shape index (κ3) is 6.59. The van der Waals surface area contributed by atoms with E-state index in [2.05, 4.69) is 62.7 Å². The van der Waals surface area contributed by atoms with Gasteiger partial charge in [-0.25, -0.2) is 4.79 Å². The zero-order chi connectivity index (χ0) is 30.1. The third-order valence-electron chi connectivity index (χ3n) is 7.69. The maximum atomic E-state index is 13.3. The van der Waals surface area contributed by atoms with Gasteiger partial charge < -0.3 is 19.4 Å². The van der Waals surface area contributed by atoms with Crippen molar-refractivity contribution in [2.45, 2.75) is 72.6 Å². The van der Waals surface area contributed by atoms with Crippen molar-refractivity contribution in [1.29, 1.82) is 0 Å². The summed E-state index contributed by atoms with van der Waals surface area (Å²) in [7, 11) is 1.33. The summed E-state index contributed by atoms with van der Waals surface area (Å²) in [5.41, 5.74) is 7.00. The topological polar surface area (TPSA) is 69.6 Å². The Labute approximate surface area is 247 Å². The lowest BCUT2D eigenvalue weighted by Gasteiger charge is -2.22. The van der Waals surface area contributed by atoms with E-state index in [-0.39, 0.29) is 17.4 Å². The molecule has 1 aromatic heterocycles. The van der Waals surface area contributed by atoms with E-state index in [1.54, 1.807) is 19.1 Å². The van der Waals surface area contributed by atoms with Gasteiger partial charge >= 0.3 is 5.97 Å². The van der Waals surface area contributed by atoms with Gasteiger partial charge in [-0.3, -0.25) is 4.79 Å². The second kappa shape index (κ2) is 12.0. The first kappa shape index (κ1) is 30.2. The fraction of sp³-hybridized carbons (Fsp3) is 0.353. The molecule has 0 fully saturated rings. The summed E-state index contributed by atoms with van der Waals surface area (Å²) >= 11 is 6.57. The monoisotopic (exact) mass is 574 g/mol. The molecule has 0 aliphatic carbocycles. The highest BCUT2D eigenvalue weighted by molar-refractivity contribution is 6.31. The Hall–Kier alpha value is -3.77. The lowest BCUT2D eigenvalue weighted by Crippen LogP contribution is -2.27. The number of nitrogens with zero attached hydrogens (tertiary/aromatic N) is 1. The zero-order valence-electron chi connectivity index (χ0n) is 25.1. The van der Waals surface area contributed by atoms with Crippen LogP contribution in [-0.2, 0) is 21.5 Å². The van der Waals surface area contributed by atoms with Crippen LogP contribution in [0.5, 0.6) is 5.75 Å². The maximum absolute atomic E-state index is 13.3. The second-order valence-electron chi connectivity index (χ2n) is 11.6. The number of carbonyl (C=O) groups is 2. The Balaban J connectivity index is 1.58. The van der Waals surface area contributed by atoms with E-state index < -0.39 is 12.1 Å². The normalized spacial score (nSPS) is 13.1. The minimum atomic E-state index is -0.736. The third-order valence-corrected chi connectivity index (χ3v) is 8.06. The summed E-state index contributed by atoms with van der Waals surface area (Å²) in [6.45, 7) is 14.8. The molecule has 0 saturated heterocycles. The van der Waals surface area contributed by atoms with Crippen LogP contribution in [0.1, 0.15) is 79.0 Å². The van der Waals surface area contributed by atoms with Gasteiger partial charge in [-0.2, -0.15) is 0 Å². The van der Waals surface area contributed by atoms with Crippen molar-refractivity contribution in [2.75, 3.05) is 7.11 Å². The number of hydrogen-bond donors (Lipinski definition) is 1. The van der Waals surface area contributed by atoms with Crippen LogP contribution in [0.2, 0.25) is 5.02 Å². The number of methoxy groups -OCH3 is 1. The molecular formula is C34H39ClN2O4. The molecule has 216 valence electrons. The van der Waals surface area contributed by atoms with E-state index in [4.69, 9.17) is 21.1 Å². The van der Waals surface area contributed by atoms with Crippen LogP contribution in [0.4, 0.5) is 0 Å². The predicted molar refractivity (Wildman–Crippen MR) is 165 cm³/mol. The Morgan fingerprint density at radius 3 is 2.41 bits per heavy atom. The lowest BCUT2D eigenvalue weighted by atomic mass is 9.85. The van der Waals surface area contributed by atoms with Gasteiger partial charge in [0.15, 0.2) is 6.10 Å². The first-order valence-corrected chi connectivity index (χ1v) is 14.2. The highest BCUT2D eigenvalue weighted by atomic mass is 35.5. The molecule has 0 saturated carbocycles. The van der Waals surface area contributed by atoms with Crippen molar-refractivity contribution in [3.05, 3.63) is 99.2 Å². The number of rotatable bonds is 8. The molecule has 1 amide bonds. The van der Waals surface area contributed by atoms with Gasteiger partial charge in [0.25, 0.3) is 5.91 Å². The van der Waals surface area contributed by atoms with Crippen molar-refractivity contribution in [3.8, 4) is 5.75 Å². The van der Waals surface area contributed by atoms with Gasteiger partial charge in [-0.05, 0) is 91.8 Å². The molecule has 0 unspecified atom stereocenters. The molecule has 0 spiro atoms. The number of amides is 1. The van der Waals surface area contributed by atoms with E-state index in [9.17, 15) is 9.59 Å². The van der Waals surface area contributed by atoms with Crippen LogP contribution in [0.25, 0.3) is 10.9 Å². The molecular weight excluding hydrogens is 536 g/mol. The number of aromatic nitrogens is 1. The molecule has 4 aromatic rings. The second-order valence-corrected chi connectivity index (χ2v) is 12.0. The summed E-state index contributed by atoms with van der Waals surface area (Å²) in [5, 5.41) is 4.78. The van der Waals surface area contributed by atoms with Gasteiger partial charge in [0, 0.05) is 33.7 Å². The fourth-order valence-electron chi connectivity index (χ4n) is 4.97. The Kier molecular flexibility index (Phi) is 8.83. The molecule has 7 heteroatoms. The smallest absolute Gasteiger partial charge is 0.346 e. The van der Waals surface area contributed by atoms with Crippen molar-refractivity contribution in [3.63, 3.8) is 0 Å². The molecule has 1 N–H and O–H groups in total. The molecule has 41 heavy (non-hydrogen) atoms. The van der Waals surface area contributed by atoms with Gasteiger partial charge in [0.2, 0.25) is 0 Å². The van der Waals surface area contributed by atoms with Crippen LogP contribution in [0.3, 0.4) is 0 Å². The predicted octanol–water partition coefficient (Wildman–Crippen LogP) is 7.69. The van der Waals surface area contributed by atoms with Crippen molar-refractivity contribution < 1.29 is 19.1 Å². The number of aryl methyl sites for hydroxylation is 1. The van der Waals surface area contributed by atoms with E-state index in [0.29, 0.717) is 22.9 Å². The minimum Gasteiger partial charge on any atom is -0.479 e. The van der Waals surface area contributed by atoms with E-state index in [1.165, 1.54) is 12.7 Å². The van der Waals surface area contributed by atoms with Gasteiger partial charge in [-0.1, -0.05) is 56.6 Å². The molecule has 0 radical (unpaired) electrons. The molecule has 4 rings (SSSR count). The van der Waals surface area contributed by atoms with E-state index in [1.807, 2.05) is 37.3 Å². The molecule has 3 aromatic carbocycles. The zero-order valence-corrected chi connectivity index (χ0v) is 25.8. The number of nitrogens with one attached hydrogen (secondary N) is 1. The molecule has 0 aliphatic heterocycles. The van der Waals surface area contributed by atoms with E-state index >= 15 is 0 Å². The molecule has 6 nitrogen and oxygen atoms in total. The standard InChI is InChI=1S/C34H39ClN2O4/c1-20-22(3)37(19-26-17-28(13-14-30(26)35)41-23(4)33(39)40-8)31-15-12-25(18-29(20)31)32(38)36-21(2)24-10-9-11-27(16-24)34(5,6)7/h9-18,21,23H,19H2,1-8H3,(H,36,38)/t21-,23-/m0/s1. The Morgan fingerprint density at radius 2 is 1.73 bits per heavy atom. The summed E-state index contributed by atoms with van der Waals surface area (Å²) < 4.78 is 12.7. The van der Waals surface area contributed by atoms with Gasteiger partial charge in [0.1, 0.15) is 5.75 Å². The largest absolute Gasteiger partial charge is 0.479 e. The van der Waals surface area contributed by atoms with Crippen molar-refractivity contribution in [2.24, 2.45) is 0 Å². The first-order valence-electron chi connectivity index (χ1n) is 13.8. The number of carbonyl (C=O) groups excluding carboxylic acids is 2. The quantitative estimate of drug-likeness (QED) is 0.219. The molecule has 2 atom stereocenters. The van der Waals surface area contributed by atoms with Crippen LogP contribution >= 0.6 is 11.6 Å². The summed E-state index contributed by atoms with van der Waals surface area (Å²) in [5.74, 6) is -0.0238. The molecule has 0 aliphatic rings. The minimum absolute atomic E-state index is 0.0351. The van der Waals surface area contributed by atoms with Crippen molar-refractivity contribution in [1.82, 2.24) is 9.88 Å². The lowest BCUT2D eigenvalue weighted by molar-refractivity contribution is -0.147. The average Bonchev–Trinajstić information content (AvgIpc) is 3.18. The fourth-order valence-corrected chi connectivity index (χ4v) is 5.14. The number of hydrogen-bond acceptors (Lipinski definition) is 4. The number of fused-ring (bicyclic) bond motifs is 1.